The first-order valence-corrected chi connectivity index (χ1v) is 8.91. The molecule has 0 bridgehead atoms. The second-order valence-electron chi connectivity index (χ2n) is 6.00. The summed E-state index contributed by atoms with van der Waals surface area (Å²) in [5, 5.41) is 22.8. The number of carbonyl (C=O) groups excluding carboxylic acids is 1. The number of likely N-dealkylation sites (tertiary alicyclic amines) is 1. The molecule has 1 aliphatic rings. The average Bonchev–Trinajstić information content (AvgIpc) is 3.23. The molecule has 2 aromatic heterocycles. The molecule has 0 radical (unpaired) electrons. The zero-order valence-electron chi connectivity index (χ0n) is 13.8. The Bertz CT molecular complexity index is 678. The summed E-state index contributed by atoms with van der Waals surface area (Å²) in [6.07, 6.45) is 3.52. The molecule has 1 saturated heterocycles. The maximum absolute atomic E-state index is 12.3. The number of nitrogens with one attached hydrogen (secondary N) is 1. The third-order valence-electron chi connectivity index (χ3n) is 4.62. The summed E-state index contributed by atoms with van der Waals surface area (Å²) in [7, 11) is 1.89. The minimum absolute atomic E-state index is 0.0235. The second kappa shape index (κ2) is 7.37. The van der Waals surface area contributed by atoms with Gasteiger partial charge in [-0.2, -0.15) is 0 Å². The number of amides is 1. The summed E-state index contributed by atoms with van der Waals surface area (Å²) < 4.78 is 1.87. The molecular weight excluding hydrogens is 328 g/mol. The van der Waals surface area contributed by atoms with E-state index < -0.39 is 0 Å². The number of anilines is 1. The van der Waals surface area contributed by atoms with Gasteiger partial charge in [0.25, 0.3) is 0 Å². The normalized spacial score (nSPS) is 17.8. The van der Waals surface area contributed by atoms with E-state index in [2.05, 4.69) is 25.4 Å². The van der Waals surface area contributed by atoms with Crippen molar-refractivity contribution >= 4 is 22.4 Å². The first-order chi connectivity index (χ1) is 11.6. The van der Waals surface area contributed by atoms with E-state index in [4.69, 9.17) is 0 Å². The number of carbonyl (C=O) groups is 1. The van der Waals surface area contributed by atoms with Crippen LogP contribution >= 0.6 is 11.3 Å². The van der Waals surface area contributed by atoms with E-state index in [9.17, 15) is 9.90 Å². The van der Waals surface area contributed by atoms with Gasteiger partial charge in [-0.05, 0) is 32.9 Å². The molecule has 24 heavy (non-hydrogen) atoms. The highest BCUT2D eigenvalue weighted by molar-refractivity contribution is 7.13. The van der Waals surface area contributed by atoms with Crippen molar-refractivity contribution < 1.29 is 9.90 Å². The zero-order valence-corrected chi connectivity index (χ0v) is 14.7. The molecule has 1 atom stereocenters. The Morgan fingerprint density at radius 2 is 2.21 bits per heavy atom. The second-order valence-corrected chi connectivity index (χ2v) is 6.90. The van der Waals surface area contributed by atoms with Crippen LogP contribution < -0.4 is 5.32 Å². The van der Waals surface area contributed by atoms with Crippen molar-refractivity contribution in [3.63, 3.8) is 0 Å². The Balaban J connectivity index is 1.56. The fourth-order valence-electron chi connectivity index (χ4n) is 3.07. The number of hydrogen-bond donors (Lipinski definition) is 2. The molecule has 1 fully saturated rings. The van der Waals surface area contributed by atoms with Crippen LogP contribution in [-0.4, -0.2) is 54.8 Å². The Hall–Kier alpha value is -1.84. The van der Waals surface area contributed by atoms with Crippen molar-refractivity contribution in [3.8, 4) is 0 Å². The minimum Gasteiger partial charge on any atom is -0.388 e. The van der Waals surface area contributed by atoms with Gasteiger partial charge in [0, 0.05) is 24.5 Å². The van der Waals surface area contributed by atoms with E-state index in [1.165, 1.54) is 11.3 Å². The number of hydrogen-bond acceptors (Lipinski definition) is 7. The summed E-state index contributed by atoms with van der Waals surface area (Å²) in [6.45, 7) is 3.49. The highest BCUT2D eigenvalue weighted by atomic mass is 32.1. The van der Waals surface area contributed by atoms with E-state index in [0.29, 0.717) is 16.9 Å². The van der Waals surface area contributed by atoms with Crippen molar-refractivity contribution in [3.05, 3.63) is 23.2 Å². The molecule has 0 spiro atoms. The highest BCUT2D eigenvalue weighted by Gasteiger charge is 2.29. The monoisotopic (exact) mass is 350 g/mol. The molecular formula is C15H22N6O2S. The molecule has 1 aliphatic heterocycles. The number of aliphatic hydroxyl groups excluding tert-OH is 1. The lowest BCUT2D eigenvalue weighted by atomic mass is 9.95. The zero-order chi connectivity index (χ0) is 17.1. The van der Waals surface area contributed by atoms with Crippen molar-refractivity contribution in [1.29, 1.82) is 0 Å². The van der Waals surface area contributed by atoms with Crippen molar-refractivity contribution in [2.75, 3.05) is 18.4 Å². The molecule has 2 N–H and O–H groups in total. The lowest BCUT2D eigenvalue weighted by Gasteiger charge is -2.34. The Kier molecular flexibility index (Phi) is 5.22. The Morgan fingerprint density at radius 3 is 2.79 bits per heavy atom. The van der Waals surface area contributed by atoms with Crippen LogP contribution in [-0.2, 0) is 18.4 Å². The van der Waals surface area contributed by atoms with Gasteiger partial charge in [-0.25, -0.2) is 4.98 Å². The number of aromatic nitrogens is 4. The van der Waals surface area contributed by atoms with Crippen LogP contribution in [0.1, 0.15) is 37.3 Å². The number of rotatable bonds is 5. The summed E-state index contributed by atoms with van der Waals surface area (Å²) in [5.41, 5.74) is 0. The SMILES string of the molecule is C[C@@H](C(=O)Nc1nccs1)N1CCC(c2nnc(CO)n2C)CC1. The van der Waals surface area contributed by atoms with Gasteiger partial charge in [0.15, 0.2) is 11.0 Å². The summed E-state index contributed by atoms with van der Waals surface area (Å²) in [4.78, 5) is 18.6. The quantitative estimate of drug-likeness (QED) is 0.834. The number of piperidine rings is 1. The van der Waals surface area contributed by atoms with Crippen LogP contribution in [0.2, 0.25) is 0 Å². The van der Waals surface area contributed by atoms with E-state index in [0.717, 1.165) is 31.8 Å². The van der Waals surface area contributed by atoms with Gasteiger partial charge < -0.3 is 15.0 Å². The van der Waals surface area contributed by atoms with Crippen molar-refractivity contribution in [1.82, 2.24) is 24.6 Å². The van der Waals surface area contributed by atoms with E-state index in [1.54, 1.807) is 6.20 Å². The van der Waals surface area contributed by atoms with Gasteiger partial charge in [-0.3, -0.25) is 9.69 Å². The third-order valence-corrected chi connectivity index (χ3v) is 5.31. The van der Waals surface area contributed by atoms with Crippen molar-refractivity contribution in [2.24, 2.45) is 7.05 Å². The maximum atomic E-state index is 12.3. The van der Waals surface area contributed by atoms with Gasteiger partial charge in [0.1, 0.15) is 12.4 Å². The molecule has 0 unspecified atom stereocenters. The average molecular weight is 350 g/mol. The lowest BCUT2D eigenvalue weighted by molar-refractivity contribution is -0.121. The van der Waals surface area contributed by atoms with Crippen LogP contribution in [0.3, 0.4) is 0 Å². The molecule has 0 aliphatic carbocycles. The number of nitrogens with zero attached hydrogens (tertiary/aromatic N) is 5. The Morgan fingerprint density at radius 1 is 1.46 bits per heavy atom. The third kappa shape index (κ3) is 3.47. The molecule has 0 aromatic carbocycles. The maximum Gasteiger partial charge on any atom is 0.243 e. The highest BCUT2D eigenvalue weighted by Crippen LogP contribution is 2.28. The predicted molar refractivity (Wildman–Crippen MR) is 90.7 cm³/mol. The van der Waals surface area contributed by atoms with Gasteiger partial charge >= 0.3 is 0 Å². The van der Waals surface area contributed by atoms with Crippen LogP contribution in [0.4, 0.5) is 5.13 Å². The van der Waals surface area contributed by atoms with Crippen molar-refractivity contribution in [2.45, 2.75) is 38.3 Å². The molecule has 130 valence electrons. The summed E-state index contributed by atoms with van der Waals surface area (Å²) in [5.74, 6) is 1.79. The van der Waals surface area contributed by atoms with Crippen LogP contribution in [0.15, 0.2) is 11.6 Å². The van der Waals surface area contributed by atoms with E-state index >= 15 is 0 Å². The number of aliphatic hydroxyl groups is 1. The van der Waals surface area contributed by atoms with Crippen LogP contribution in [0, 0.1) is 0 Å². The first-order valence-electron chi connectivity index (χ1n) is 8.03. The minimum atomic E-state index is -0.192. The molecule has 2 aromatic rings. The van der Waals surface area contributed by atoms with Gasteiger partial charge in [-0.15, -0.1) is 21.5 Å². The smallest absolute Gasteiger partial charge is 0.243 e. The van der Waals surface area contributed by atoms with E-state index in [-0.39, 0.29) is 18.6 Å². The fraction of sp³-hybridized carbons (Fsp3) is 0.600. The van der Waals surface area contributed by atoms with Gasteiger partial charge in [-0.1, -0.05) is 0 Å². The molecule has 9 heteroatoms. The summed E-state index contributed by atoms with van der Waals surface area (Å²) in [6, 6.07) is -0.192. The largest absolute Gasteiger partial charge is 0.388 e. The first kappa shape index (κ1) is 17.0. The molecule has 3 heterocycles. The van der Waals surface area contributed by atoms with Gasteiger partial charge in [0.2, 0.25) is 5.91 Å². The molecule has 8 nitrogen and oxygen atoms in total. The van der Waals surface area contributed by atoms with Gasteiger partial charge in [0.05, 0.1) is 6.04 Å². The lowest BCUT2D eigenvalue weighted by Crippen LogP contribution is -2.46. The molecule has 1 amide bonds. The molecule has 3 rings (SSSR count). The predicted octanol–water partition coefficient (Wildman–Crippen LogP) is 0.970. The molecule has 0 saturated carbocycles. The van der Waals surface area contributed by atoms with Crippen LogP contribution in [0.25, 0.3) is 0 Å². The fourth-order valence-corrected chi connectivity index (χ4v) is 3.61. The Labute approximate surface area is 144 Å². The van der Waals surface area contributed by atoms with E-state index in [1.807, 2.05) is 23.9 Å². The standard InChI is InChI=1S/C15H22N6O2S/c1-10(14(23)17-15-16-5-8-24-15)21-6-3-11(4-7-21)13-19-18-12(9-22)20(13)2/h5,8,10-11,22H,3-4,6-7,9H2,1-2H3,(H,16,17,23)/t10-/m0/s1. The number of thiazole rings is 1. The van der Waals surface area contributed by atoms with Crippen LogP contribution in [0.5, 0.6) is 0 Å². The topological polar surface area (TPSA) is 96.2 Å². The summed E-state index contributed by atoms with van der Waals surface area (Å²) >= 11 is 1.42.